The van der Waals surface area contributed by atoms with Crippen LogP contribution in [-0.2, 0) is 29.3 Å². The fraction of sp³-hybridized carbons (Fsp3) is 0.527. The van der Waals surface area contributed by atoms with Gasteiger partial charge in [0.2, 0.25) is 11.8 Å². The van der Waals surface area contributed by atoms with Crippen molar-refractivity contribution in [3.63, 3.8) is 0 Å². The minimum Gasteiger partial charge on any atom is -0.392 e. The van der Waals surface area contributed by atoms with Crippen molar-refractivity contribution in [2.45, 2.75) is 171 Å². The fourth-order valence-corrected chi connectivity index (χ4v) is 15.1. The molecule has 0 radical (unpaired) electrons. The molecule has 4 N–H and O–H groups in total. The van der Waals surface area contributed by atoms with Crippen molar-refractivity contribution in [2.75, 3.05) is 22.1 Å². The number of nitrogens with one attached hydrogen (secondary N) is 2. The molecule has 0 bridgehead atoms. The maximum absolute atomic E-state index is 14.0. The quantitative estimate of drug-likeness (QED) is 0.0565. The number of fused-ring (bicyclic) bond motifs is 2. The lowest BCUT2D eigenvalue weighted by Crippen LogP contribution is -2.42. The van der Waals surface area contributed by atoms with Crippen LogP contribution >= 0.6 is 0 Å². The van der Waals surface area contributed by atoms with E-state index in [4.69, 9.17) is 0 Å². The lowest BCUT2D eigenvalue weighted by molar-refractivity contribution is -0.117. The van der Waals surface area contributed by atoms with E-state index in [1.807, 2.05) is 74.5 Å². The van der Waals surface area contributed by atoms with Crippen LogP contribution in [0.15, 0.2) is 107 Å². The lowest BCUT2D eigenvalue weighted by Gasteiger charge is -2.39. The van der Waals surface area contributed by atoms with Crippen LogP contribution in [0, 0.1) is 10.8 Å². The molecule has 0 saturated carbocycles. The number of rotatable bonds is 22. The van der Waals surface area contributed by atoms with Gasteiger partial charge in [0.15, 0.2) is 19.7 Å². The Hall–Kier alpha value is -4.36. The van der Waals surface area contributed by atoms with Crippen LogP contribution in [0.3, 0.4) is 0 Å². The molecule has 6 atom stereocenters. The first kappa shape index (κ1) is 52.0. The minimum atomic E-state index is -3.73. The zero-order valence-electron chi connectivity index (χ0n) is 40.1. The largest absolute Gasteiger partial charge is 0.392 e. The third kappa shape index (κ3) is 12.7. The highest BCUT2D eigenvalue weighted by molar-refractivity contribution is 7.91. The standard InChI is InChI=1S/C55H74N2O8S2/c1-5-8-34-54(4)38-66(62,63)46-32-30-42(36-44(46)50(52(54)60)40-24-18-16-19-25-40)56-48(58)28-22-14-12-10-11-13-15-23-29-49(59)57-43-31-33-47-45(37-43)51(41-26-20-17-21-27-41)53(61)55(7-3,35-9-6-2)39-67(47,64)65/h16-21,24-27,30-33,36-37,50-53,60-61H,5-15,22-23,28-29,34-35,38-39H2,1-4H3,(H,56,58)(H,57,59)/t50-,51-,52-,53-,54-,55-/m1/s1. The van der Waals surface area contributed by atoms with Crippen LogP contribution in [0.2, 0.25) is 0 Å². The van der Waals surface area contributed by atoms with Crippen LogP contribution in [0.25, 0.3) is 0 Å². The first-order valence-corrected chi connectivity index (χ1v) is 28.2. The van der Waals surface area contributed by atoms with Gasteiger partial charge in [0.1, 0.15) is 0 Å². The number of carbonyl (C=O) groups excluding carboxylic acids is 2. The summed E-state index contributed by atoms with van der Waals surface area (Å²) in [5.74, 6) is -1.66. The molecule has 0 unspecified atom stereocenters. The summed E-state index contributed by atoms with van der Waals surface area (Å²) < 4.78 is 55.6. The van der Waals surface area contributed by atoms with Crippen LogP contribution in [-0.4, -0.2) is 62.6 Å². The molecule has 12 heteroatoms. The number of hydrogen-bond donors (Lipinski definition) is 4. The summed E-state index contributed by atoms with van der Waals surface area (Å²) in [7, 11) is -7.45. The smallest absolute Gasteiger partial charge is 0.224 e. The van der Waals surface area contributed by atoms with Gasteiger partial charge in [-0.1, -0.05) is 153 Å². The number of sulfone groups is 2. The number of aliphatic hydroxyl groups is 2. The molecule has 67 heavy (non-hydrogen) atoms. The molecule has 10 nitrogen and oxygen atoms in total. The van der Waals surface area contributed by atoms with Gasteiger partial charge in [0.25, 0.3) is 0 Å². The number of amides is 2. The number of aliphatic hydroxyl groups excluding tert-OH is 2. The first-order valence-electron chi connectivity index (χ1n) is 24.9. The average molecular weight is 955 g/mol. The van der Waals surface area contributed by atoms with E-state index >= 15 is 0 Å². The van der Waals surface area contributed by atoms with E-state index in [-0.39, 0.29) is 33.1 Å². The molecule has 0 fully saturated rings. The zero-order chi connectivity index (χ0) is 48.2. The zero-order valence-corrected chi connectivity index (χ0v) is 41.8. The fourth-order valence-electron chi connectivity index (χ4n) is 10.7. The second kappa shape index (κ2) is 23.3. The highest BCUT2D eigenvalue weighted by Gasteiger charge is 2.50. The van der Waals surface area contributed by atoms with Gasteiger partial charge in [0, 0.05) is 46.9 Å². The van der Waals surface area contributed by atoms with E-state index in [2.05, 4.69) is 24.5 Å². The Morgan fingerprint density at radius 3 is 1.42 bits per heavy atom. The monoisotopic (exact) mass is 954 g/mol. The van der Waals surface area contributed by atoms with E-state index < -0.39 is 54.5 Å². The van der Waals surface area contributed by atoms with Crippen molar-refractivity contribution in [1.82, 2.24) is 0 Å². The van der Waals surface area contributed by atoms with Gasteiger partial charge in [-0.15, -0.1) is 0 Å². The van der Waals surface area contributed by atoms with E-state index in [0.717, 1.165) is 88.2 Å². The lowest BCUT2D eigenvalue weighted by atomic mass is 9.69. The SMILES string of the molecule is CCCC[C@]1(C)CS(=O)(=O)c2ccc(NC(=O)CCCCCCCCCCC(=O)Nc3ccc4c(c3)[C@@H](c3ccccc3)[C@@H](O)[C@](CC)(CCCC)CS4(=O)=O)cc2[C@@H](c2ccccc2)[C@H]1O. The first-order chi connectivity index (χ1) is 32.1. The van der Waals surface area contributed by atoms with Crippen molar-refractivity contribution in [1.29, 1.82) is 0 Å². The Labute approximate surface area is 400 Å². The van der Waals surface area contributed by atoms with E-state index in [1.54, 1.807) is 36.4 Å². The third-order valence-corrected chi connectivity index (χ3v) is 18.7. The molecule has 6 rings (SSSR count). The van der Waals surface area contributed by atoms with Gasteiger partial charge >= 0.3 is 0 Å². The van der Waals surface area contributed by atoms with Crippen LogP contribution < -0.4 is 10.6 Å². The van der Waals surface area contributed by atoms with Crippen molar-refractivity contribution < 1.29 is 36.6 Å². The number of unbranched alkanes of at least 4 members (excludes halogenated alkanes) is 9. The second-order valence-corrected chi connectivity index (χ2v) is 23.6. The summed E-state index contributed by atoms with van der Waals surface area (Å²) in [6.45, 7) is 7.99. The Bertz CT molecular complexity index is 2500. The Morgan fingerprint density at radius 2 is 0.970 bits per heavy atom. The summed E-state index contributed by atoms with van der Waals surface area (Å²) in [4.78, 5) is 26.7. The van der Waals surface area contributed by atoms with Crippen LogP contribution in [0.4, 0.5) is 11.4 Å². The topological polar surface area (TPSA) is 167 Å². The molecule has 0 saturated heterocycles. The predicted octanol–water partition coefficient (Wildman–Crippen LogP) is 11.5. The summed E-state index contributed by atoms with van der Waals surface area (Å²) >= 11 is 0. The second-order valence-electron chi connectivity index (χ2n) is 19.7. The molecule has 364 valence electrons. The molecule has 2 amide bonds. The van der Waals surface area contributed by atoms with Crippen LogP contribution in [0.1, 0.15) is 171 Å². The number of hydrogen-bond acceptors (Lipinski definition) is 8. The highest BCUT2D eigenvalue weighted by atomic mass is 32.2. The van der Waals surface area contributed by atoms with Crippen molar-refractivity contribution >= 4 is 42.9 Å². The number of benzene rings is 4. The van der Waals surface area contributed by atoms with Crippen molar-refractivity contribution in [2.24, 2.45) is 10.8 Å². The van der Waals surface area contributed by atoms with Crippen molar-refractivity contribution in [3.8, 4) is 0 Å². The molecule has 4 aromatic rings. The molecule has 0 aromatic heterocycles. The van der Waals surface area contributed by atoms with Crippen molar-refractivity contribution in [3.05, 3.63) is 119 Å². The van der Waals surface area contributed by atoms with Gasteiger partial charge in [-0.3, -0.25) is 9.59 Å². The van der Waals surface area contributed by atoms with Gasteiger partial charge in [-0.2, -0.15) is 0 Å². The van der Waals surface area contributed by atoms with Gasteiger partial charge in [-0.25, -0.2) is 16.8 Å². The molecule has 4 aromatic carbocycles. The van der Waals surface area contributed by atoms with E-state index in [0.29, 0.717) is 54.6 Å². The molecular formula is C55H74N2O8S2. The van der Waals surface area contributed by atoms with Gasteiger partial charge in [-0.05, 0) is 90.8 Å². The normalized spacial score (nSPS) is 24.1. The minimum absolute atomic E-state index is 0.117. The summed E-state index contributed by atoms with van der Waals surface area (Å²) in [5, 5.41) is 30.1. The Kier molecular flexibility index (Phi) is 18.1. The molecule has 0 aliphatic carbocycles. The number of anilines is 2. The van der Waals surface area contributed by atoms with Gasteiger partial charge < -0.3 is 20.8 Å². The molecule has 2 aliphatic heterocycles. The molecule has 0 spiro atoms. The third-order valence-electron chi connectivity index (χ3n) is 14.6. The van der Waals surface area contributed by atoms with Crippen LogP contribution in [0.5, 0.6) is 0 Å². The highest BCUT2D eigenvalue weighted by Crippen LogP contribution is 2.50. The summed E-state index contributed by atoms with van der Waals surface area (Å²) in [5.41, 5.74) is 2.13. The van der Waals surface area contributed by atoms with Gasteiger partial charge in [0.05, 0.1) is 33.5 Å². The Morgan fingerprint density at radius 1 is 0.552 bits per heavy atom. The van der Waals surface area contributed by atoms with E-state index in [9.17, 15) is 36.6 Å². The molecular weight excluding hydrogens is 881 g/mol. The maximum Gasteiger partial charge on any atom is 0.224 e. The summed E-state index contributed by atoms with van der Waals surface area (Å²) in [6, 6.07) is 29.1. The molecule has 2 aliphatic rings. The molecule has 2 heterocycles. The number of carbonyl (C=O) groups is 2. The summed E-state index contributed by atoms with van der Waals surface area (Å²) in [6.07, 6.45) is 11.3. The Balaban J connectivity index is 0.952. The average Bonchev–Trinajstić information content (AvgIpc) is 3.42. The predicted molar refractivity (Wildman–Crippen MR) is 269 cm³/mol. The maximum atomic E-state index is 14.0. The van der Waals surface area contributed by atoms with E-state index in [1.165, 1.54) is 0 Å².